The van der Waals surface area contributed by atoms with Gasteiger partial charge in [0.05, 0.1) is 6.10 Å². The van der Waals surface area contributed by atoms with Crippen LogP contribution in [0.15, 0.2) is 0 Å². The first kappa shape index (κ1) is 11.5. The molecule has 2 unspecified atom stereocenters. The number of methoxy groups -OCH3 is 1. The number of hydrogen-bond acceptors (Lipinski definition) is 3. The van der Waals surface area contributed by atoms with E-state index in [0.717, 1.165) is 6.54 Å². The number of carboxylic acids is 1. The summed E-state index contributed by atoms with van der Waals surface area (Å²) in [6, 6.07) is 0. The van der Waals surface area contributed by atoms with Crippen LogP contribution < -0.4 is 5.32 Å². The Morgan fingerprint density at radius 1 is 1.71 bits per heavy atom. The lowest BCUT2D eigenvalue weighted by atomic mass is 9.95. The van der Waals surface area contributed by atoms with Crippen LogP contribution >= 0.6 is 0 Å². The second-order valence-corrected chi connectivity index (χ2v) is 4.21. The normalized spacial score (nSPS) is 22.8. The molecule has 82 valence electrons. The largest absolute Gasteiger partial charge is 0.480 e. The van der Waals surface area contributed by atoms with Crippen molar-refractivity contribution in [3.05, 3.63) is 0 Å². The minimum absolute atomic E-state index is 0.334. The Hall–Kier alpha value is -0.610. The molecule has 0 spiro atoms. The minimum Gasteiger partial charge on any atom is -0.480 e. The van der Waals surface area contributed by atoms with Crippen molar-refractivity contribution >= 4 is 5.97 Å². The van der Waals surface area contributed by atoms with Gasteiger partial charge in [-0.25, -0.2) is 0 Å². The zero-order valence-electron chi connectivity index (χ0n) is 9.04. The van der Waals surface area contributed by atoms with Crippen LogP contribution in [0.25, 0.3) is 0 Å². The van der Waals surface area contributed by atoms with E-state index in [-0.39, 0.29) is 6.10 Å². The number of nitrogens with one attached hydrogen (secondary N) is 1. The first-order valence-corrected chi connectivity index (χ1v) is 5.02. The Morgan fingerprint density at radius 3 is 2.64 bits per heavy atom. The summed E-state index contributed by atoms with van der Waals surface area (Å²) >= 11 is 0. The fourth-order valence-corrected chi connectivity index (χ4v) is 1.31. The fraction of sp³-hybridized carbons (Fsp3) is 0.900. The van der Waals surface area contributed by atoms with E-state index in [4.69, 9.17) is 9.84 Å². The average Bonchev–Trinajstić information content (AvgIpc) is 2.95. The summed E-state index contributed by atoms with van der Waals surface area (Å²) in [5.74, 6) is -0.190. The predicted octanol–water partition coefficient (Wildman–Crippen LogP) is 0.864. The van der Waals surface area contributed by atoms with Crippen molar-refractivity contribution in [1.29, 1.82) is 0 Å². The molecule has 4 heteroatoms. The smallest absolute Gasteiger partial charge is 0.326 e. The number of ether oxygens (including phenoxy) is 1. The van der Waals surface area contributed by atoms with Gasteiger partial charge < -0.3 is 9.84 Å². The maximum absolute atomic E-state index is 11.1. The summed E-state index contributed by atoms with van der Waals surface area (Å²) in [6.07, 6.45) is 2.09. The first-order chi connectivity index (χ1) is 6.50. The lowest BCUT2D eigenvalue weighted by Crippen LogP contribution is -2.58. The lowest BCUT2D eigenvalue weighted by molar-refractivity contribution is -0.149. The van der Waals surface area contributed by atoms with E-state index in [0.29, 0.717) is 5.92 Å². The van der Waals surface area contributed by atoms with Crippen LogP contribution in [0.2, 0.25) is 0 Å². The molecular weight excluding hydrogens is 182 g/mol. The number of rotatable bonds is 6. The summed E-state index contributed by atoms with van der Waals surface area (Å²) < 4.78 is 5.09. The third-order valence-corrected chi connectivity index (χ3v) is 3.07. The van der Waals surface area contributed by atoms with Crippen molar-refractivity contribution in [3.63, 3.8) is 0 Å². The molecule has 1 saturated carbocycles. The summed E-state index contributed by atoms with van der Waals surface area (Å²) in [5.41, 5.74) is -0.975. The maximum atomic E-state index is 11.1. The van der Waals surface area contributed by atoms with E-state index in [1.807, 2.05) is 0 Å². The van der Waals surface area contributed by atoms with Gasteiger partial charge >= 0.3 is 5.97 Å². The Bertz CT molecular complexity index is 215. The molecule has 0 amide bonds. The van der Waals surface area contributed by atoms with Crippen molar-refractivity contribution in [1.82, 2.24) is 5.32 Å². The van der Waals surface area contributed by atoms with Crippen LogP contribution in [0.3, 0.4) is 0 Å². The molecular formula is C10H19NO3. The fourth-order valence-electron chi connectivity index (χ4n) is 1.31. The molecule has 0 saturated heterocycles. The van der Waals surface area contributed by atoms with Crippen molar-refractivity contribution in [2.24, 2.45) is 5.92 Å². The highest BCUT2D eigenvalue weighted by Gasteiger charge is 2.40. The molecule has 0 heterocycles. The number of carboxylic acid groups (broad SMARTS) is 1. The van der Waals surface area contributed by atoms with E-state index in [9.17, 15) is 4.79 Å². The third kappa shape index (κ3) is 2.45. The molecule has 0 aromatic rings. The van der Waals surface area contributed by atoms with Crippen molar-refractivity contribution < 1.29 is 14.6 Å². The number of hydrogen-bond donors (Lipinski definition) is 2. The first-order valence-electron chi connectivity index (χ1n) is 5.02. The summed E-state index contributed by atoms with van der Waals surface area (Å²) in [6.45, 7) is 4.22. The van der Waals surface area contributed by atoms with Crippen LogP contribution in [-0.2, 0) is 9.53 Å². The second-order valence-electron chi connectivity index (χ2n) is 4.21. The standard InChI is InChI=1S/C10H19NO3/c1-7(14-3)10(2,9(12)13)11-6-8-4-5-8/h7-8,11H,4-6H2,1-3H3,(H,12,13). The molecule has 0 bridgehead atoms. The van der Waals surface area contributed by atoms with E-state index >= 15 is 0 Å². The van der Waals surface area contributed by atoms with Crippen molar-refractivity contribution in [3.8, 4) is 0 Å². The van der Waals surface area contributed by atoms with E-state index in [1.54, 1.807) is 13.8 Å². The van der Waals surface area contributed by atoms with Gasteiger partial charge in [0.25, 0.3) is 0 Å². The van der Waals surface area contributed by atoms with E-state index in [1.165, 1.54) is 20.0 Å². The quantitative estimate of drug-likeness (QED) is 0.669. The highest BCUT2D eigenvalue weighted by molar-refractivity contribution is 5.79. The topological polar surface area (TPSA) is 58.6 Å². The zero-order valence-corrected chi connectivity index (χ0v) is 9.04. The van der Waals surface area contributed by atoms with Crippen LogP contribution in [0, 0.1) is 5.92 Å². The van der Waals surface area contributed by atoms with E-state index < -0.39 is 11.5 Å². The Labute approximate surface area is 84.6 Å². The molecule has 1 aliphatic rings. The van der Waals surface area contributed by atoms with Gasteiger partial charge in [0.2, 0.25) is 0 Å². The molecule has 2 atom stereocenters. The molecule has 4 nitrogen and oxygen atoms in total. The van der Waals surface area contributed by atoms with Gasteiger partial charge in [0, 0.05) is 7.11 Å². The average molecular weight is 201 g/mol. The molecule has 0 aromatic heterocycles. The van der Waals surface area contributed by atoms with Gasteiger partial charge in [-0.05, 0) is 39.2 Å². The monoisotopic (exact) mass is 201 g/mol. The van der Waals surface area contributed by atoms with Gasteiger partial charge in [-0.15, -0.1) is 0 Å². The molecule has 2 N–H and O–H groups in total. The van der Waals surface area contributed by atoms with Gasteiger partial charge in [0.1, 0.15) is 5.54 Å². The highest BCUT2D eigenvalue weighted by Crippen LogP contribution is 2.28. The van der Waals surface area contributed by atoms with Crippen LogP contribution in [0.5, 0.6) is 0 Å². The molecule has 1 rings (SSSR count). The van der Waals surface area contributed by atoms with Crippen LogP contribution in [0.1, 0.15) is 26.7 Å². The van der Waals surface area contributed by atoms with Crippen molar-refractivity contribution in [2.75, 3.05) is 13.7 Å². The van der Waals surface area contributed by atoms with Crippen molar-refractivity contribution in [2.45, 2.75) is 38.3 Å². The number of aliphatic carboxylic acids is 1. The summed E-state index contributed by atoms with van der Waals surface area (Å²) in [7, 11) is 1.53. The van der Waals surface area contributed by atoms with Crippen LogP contribution in [-0.4, -0.2) is 36.4 Å². The molecule has 0 radical (unpaired) electrons. The third-order valence-electron chi connectivity index (χ3n) is 3.07. The van der Waals surface area contributed by atoms with Crippen LogP contribution in [0.4, 0.5) is 0 Å². The highest BCUT2D eigenvalue weighted by atomic mass is 16.5. The maximum Gasteiger partial charge on any atom is 0.326 e. The van der Waals surface area contributed by atoms with Gasteiger partial charge in [-0.1, -0.05) is 0 Å². The Balaban J connectivity index is 2.54. The lowest BCUT2D eigenvalue weighted by Gasteiger charge is -2.31. The molecule has 1 fully saturated rings. The van der Waals surface area contributed by atoms with E-state index in [2.05, 4.69) is 5.32 Å². The minimum atomic E-state index is -0.975. The Morgan fingerprint density at radius 2 is 2.29 bits per heavy atom. The molecule has 14 heavy (non-hydrogen) atoms. The number of carbonyl (C=O) groups is 1. The zero-order chi connectivity index (χ0) is 10.8. The SMILES string of the molecule is COC(C)C(C)(NCC1CC1)C(=O)O. The van der Waals surface area contributed by atoms with Gasteiger partial charge in [-0.2, -0.15) is 0 Å². The van der Waals surface area contributed by atoms with Gasteiger partial charge in [-0.3, -0.25) is 10.1 Å². The van der Waals surface area contributed by atoms with Gasteiger partial charge in [0.15, 0.2) is 0 Å². The summed E-state index contributed by atoms with van der Waals surface area (Å²) in [4.78, 5) is 11.1. The predicted molar refractivity (Wildman–Crippen MR) is 53.2 cm³/mol. The Kier molecular flexibility index (Phi) is 3.50. The summed E-state index contributed by atoms with van der Waals surface area (Å²) in [5, 5.41) is 12.2. The molecule has 0 aliphatic heterocycles. The second kappa shape index (κ2) is 4.28. The molecule has 0 aromatic carbocycles. The molecule has 1 aliphatic carbocycles.